The van der Waals surface area contributed by atoms with Gasteiger partial charge in [-0.3, -0.25) is 9.59 Å². The number of aromatic nitrogens is 2. The molecule has 2 heterocycles. The molecule has 6 heteroatoms. The van der Waals surface area contributed by atoms with Gasteiger partial charge in [0.25, 0.3) is 0 Å². The molecular formula is C18H22N2O4. The quantitative estimate of drug-likeness (QED) is 0.885. The van der Waals surface area contributed by atoms with Crippen molar-refractivity contribution in [1.82, 2.24) is 9.13 Å². The minimum Gasteiger partial charge on any atom is -0.503 e. The van der Waals surface area contributed by atoms with Crippen LogP contribution in [-0.4, -0.2) is 19.3 Å². The molecule has 3 rings (SSSR count). The fourth-order valence-electron chi connectivity index (χ4n) is 3.68. The van der Waals surface area contributed by atoms with Gasteiger partial charge in [0.05, 0.1) is 11.4 Å². The molecule has 0 bridgehead atoms. The van der Waals surface area contributed by atoms with E-state index in [4.69, 9.17) is 0 Å². The van der Waals surface area contributed by atoms with Crippen LogP contribution in [0, 0.1) is 13.8 Å². The van der Waals surface area contributed by atoms with Crippen LogP contribution in [0.25, 0.3) is 0 Å². The van der Waals surface area contributed by atoms with Crippen molar-refractivity contribution in [1.29, 1.82) is 0 Å². The Morgan fingerprint density at radius 2 is 1.12 bits per heavy atom. The molecule has 2 aromatic heterocycles. The predicted octanol–water partition coefficient (Wildman–Crippen LogP) is 2.39. The zero-order chi connectivity index (χ0) is 17.4. The normalized spacial score (nSPS) is 20.9. The maximum Gasteiger partial charge on any atom is 0.223 e. The molecule has 1 aliphatic rings. The van der Waals surface area contributed by atoms with Crippen molar-refractivity contribution in [3.8, 4) is 11.5 Å². The zero-order valence-corrected chi connectivity index (χ0v) is 13.9. The first-order valence-electron chi connectivity index (χ1n) is 8.21. The molecule has 2 N–H and O–H groups in total. The van der Waals surface area contributed by atoms with Gasteiger partial charge in [-0.25, -0.2) is 0 Å². The Kier molecular flexibility index (Phi) is 4.22. The van der Waals surface area contributed by atoms with Crippen molar-refractivity contribution in [3.63, 3.8) is 0 Å². The van der Waals surface area contributed by atoms with Crippen LogP contribution in [0.2, 0.25) is 0 Å². The van der Waals surface area contributed by atoms with Crippen LogP contribution in [0.1, 0.15) is 49.2 Å². The summed E-state index contributed by atoms with van der Waals surface area (Å²) in [7, 11) is 0. The van der Waals surface area contributed by atoms with Crippen LogP contribution >= 0.6 is 0 Å². The van der Waals surface area contributed by atoms with Gasteiger partial charge in [0, 0.05) is 36.6 Å². The van der Waals surface area contributed by atoms with Crippen molar-refractivity contribution >= 4 is 0 Å². The monoisotopic (exact) mass is 330 g/mol. The van der Waals surface area contributed by atoms with E-state index in [2.05, 4.69) is 0 Å². The second-order valence-electron chi connectivity index (χ2n) is 6.50. The molecule has 1 aliphatic carbocycles. The Labute approximate surface area is 139 Å². The van der Waals surface area contributed by atoms with E-state index in [9.17, 15) is 19.8 Å². The van der Waals surface area contributed by atoms with Crippen LogP contribution in [0.4, 0.5) is 0 Å². The molecule has 128 valence electrons. The number of hydrogen-bond donors (Lipinski definition) is 2. The SMILES string of the molecule is Cc1c(O)c(=O)ccn1C1CCC(n2ccc(=O)c(O)c2C)CC1. The van der Waals surface area contributed by atoms with E-state index in [-0.39, 0.29) is 34.4 Å². The summed E-state index contributed by atoms with van der Waals surface area (Å²) in [4.78, 5) is 23.0. The Balaban J connectivity index is 1.80. The molecule has 0 unspecified atom stereocenters. The highest BCUT2D eigenvalue weighted by molar-refractivity contribution is 5.27. The molecule has 0 aliphatic heterocycles. The average Bonchev–Trinajstić information content (AvgIpc) is 2.58. The fraction of sp³-hybridized carbons (Fsp3) is 0.444. The van der Waals surface area contributed by atoms with Crippen LogP contribution in [0.3, 0.4) is 0 Å². The number of hydrogen-bond acceptors (Lipinski definition) is 4. The lowest BCUT2D eigenvalue weighted by molar-refractivity contribution is 0.264. The summed E-state index contributed by atoms with van der Waals surface area (Å²) >= 11 is 0. The summed E-state index contributed by atoms with van der Waals surface area (Å²) in [5.41, 5.74) is 0.500. The molecule has 0 amide bonds. The summed E-state index contributed by atoms with van der Waals surface area (Å²) < 4.78 is 3.95. The highest BCUT2D eigenvalue weighted by atomic mass is 16.3. The third-order valence-corrected chi connectivity index (χ3v) is 5.15. The largest absolute Gasteiger partial charge is 0.503 e. The van der Waals surface area contributed by atoms with E-state index in [0.29, 0.717) is 11.4 Å². The lowest BCUT2D eigenvalue weighted by atomic mass is 9.90. The molecule has 0 radical (unpaired) electrons. The smallest absolute Gasteiger partial charge is 0.223 e. The maximum atomic E-state index is 11.5. The third-order valence-electron chi connectivity index (χ3n) is 5.15. The highest BCUT2D eigenvalue weighted by Gasteiger charge is 2.25. The van der Waals surface area contributed by atoms with Gasteiger partial charge < -0.3 is 19.3 Å². The van der Waals surface area contributed by atoms with Gasteiger partial charge in [-0.05, 0) is 39.5 Å². The number of rotatable bonds is 2. The second kappa shape index (κ2) is 6.19. The molecule has 1 saturated carbocycles. The second-order valence-corrected chi connectivity index (χ2v) is 6.50. The standard InChI is InChI=1S/C18H22N2O4/c1-11-17(23)15(21)7-9-19(11)13-3-5-14(6-4-13)20-10-8-16(22)18(24)12(20)2/h7-10,13-14,23-24H,3-6H2,1-2H3. The van der Waals surface area contributed by atoms with E-state index in [1.807, 2.05) is 9.13 Å². The molecule has 1 fully saturated rings. The van der Waals surface area contributed by atoms with E-state index in [1.165, 1.54) is 12.1 Å². The van der Waals surface area contributed by atoms with E-state index in [1.54, 1.807) is 26.2 Å². The Hall–Kier alpha value is -2.50. The van der Waals surface area contributed by atoms with Crippen LogP contribution in [0.5, 0.6) is 11.5 Å². The van der Waals surface area contributed by atoms with Crippen molar-refractivity contribution in [2.75, 3.05) is 0 Å². The van der Waals surface area contributed by atoms with Crippen LogP contribution in [0.15, 0.2) is 34.1 Å². The summed E-state index contributed by atoms with van der Waals surface area (Å²) in [6.07, 6.45) is 7.11. The van der Waals surface area contributed by atoms with Gasteiger partial charge in [-0.2, -0.15) is 0 Å². The molecule has 0 atom stereocenters. The fourth-order valence-corrected chi connectivity index (χ4v) is 3.68. The first kappa shape index (κ1) is 16.4. The third kappa shape index (κ3) is 2.72. The average molecular weight is 330 g/mol. The maximum absolute atomic E-state index is 11.5. The number of pyridine rings is 2. The van der Waals surface area contributed by atoms with E-state index in [0.717, 1.165) is 25.7 Å². The molecule has 24 heavy (non-hydrogen) atoms. The van der Waals surface area contributed by atoms with E-state index >= 15 is 0 Å². The first-order chi connectivity index (χ1) is 11.4. The van der Waals surface area contributed by atoms with Crippen molar-refractivity contribution in [2.45, 2.75) is 51.6 Å². The summed E-state index contributed by atoms with van der Waals surface area (Å²) in [5.74, 6) is -0.360. The minimum atomic E-state index is -0.350. The minimum absolute atomic E-state index is 0.180. The Morgan fingerprint density at radius 1 is 0.792 bits per heavy atom. The number of aromatic hydroxyl groups is 2. The van der Waals surface area contributed by atoms with Gasteiger partial charge in [-0.1, -0.05) is 0 Å². The summed E-state index contributed by atoms with van der Waals surface area (Å²) in [5, 5.41) is 19.7. The molecule has 0 spiro atoms. The van der Waals surface area contributed by atoms with Crippen molar-refractivity contribution in [2.24, 2.45) is 0 Å². The molecule has 0 aromatic carbocycles. The van der Waals surface area contributed by atoms with Gasteiger partial charge in [0.1, 0.15) is 0 Å². The molecule has 6 nitrogen and oxygen atoms in total. The van der Waals surface area contributed by atoms with Gasteiger partial charge in [0.2, 0.25) is 10.9 Å². The summed E-state index contributed by atoms with van der Waals surface area (Å²) in [6, 6.07) is 3.28. The Morgan fingerprint density at radius 3 is 1.46 bits per heavy atom. The topological polar surface area (TPSA) is 84.5 Å². The molecule has 0 saturated heterocycles. The van der Waals surface area contributed by atoms with Crippen LogP contribution in [-0.2, 0) is 0 Å². The van der Waals surface area contributed by atoms with Gasteiger partial charge >= 0.3 is 0 Å². The summed E-state index contributed by atoms with van der Waals surface area (Å²) in [6.45, 7) is 3.51. The predicted molar refractivity (Wildman–Crippen MR) is 90.7 cm³/mol. The molecular weight excluding hydrogens is 308 g/mol. The lowest BCUT2D eigenvalue weighted by Gasteiger charge is -2.33. The Bertz CT molecular complexity index is 800. The molecule has 2 aromatic rings. The zero-order valence-electron chi connectivity index (χ0n) is 13.9. The number of nitrogens with zero attached hydrogens (tertiary/aromatic N) is 2. The lowest BCUT2D eigenvalue weighted by Crippen LogP contribution is -2.24. The highest BCUT2D eigenvalue weighted by Crippen LogP contribution is 2.36. The first-order valence-corrected chi connectivity index (χ1v) is 8.21. The van der Waals surface area contributed by atoms with Crippen molar-refractivity contribution < 1.29 is 10.2 Å². The van der Waals surface area contributed by atoms with Gasteiger partial charge in [0.15, 0.2) is 11.5 Å². The van der Waals surface area contributed by atoms with Crippen molar-refractivity contribution in [3.05, 3.63) is 56.4 Å². The van der Waals surface area contributed by atoms with Gasteiger partial charge in [-0.15, -0.1) is 0 Å². The van der Waals surface area contributed by atoms with E-state index < -0.39 is 0 Å². The van der Waals surface area contributed by atoms with Crippen LogP contribution < -0.4 is 10.9 Å².